The fourth-order valence-electron chi connectivity index (χ4n) is 4.42. The molecule has 7 heteroatoms. The molecule has 0 bridgehead atoms. The quantitative estimate of drug-likeness (QED) is 0.639. The number of likely N-dealkylation sites (tertiary alicyclic amines) is 1. The van der Waals surface area contributed by atoms with Crippen molar-refractivity contribution in [3.05, 3.63) is 64.5 Å². The maximum absolute atomic E-state index is 12.1. The molecule has 1 saturated heterocycles. The molecule has 6 nitrogen and oxygen atoms in total. The highest BCUT2D eigenvalue weighted by molar-refractivity contribution is 6.59. The van der Waals surface area contributed by atoms with E-state index in [9.17, 15) is 14.8 Å². The topological polar surface area (TPSA) is 76.9 Å². The molecular formula is C27H40BN3O3. The molecule has 2 aromatic rings. The van der Waals surface area contributed by atoms with Gasteiger partial charge in [0.1, 0.15) is 0 Å². The van der Waals surface area contributed by atoms with Gasteiger partial charge in [-0.2, -0.15) is 0 Å². The summed E-state index contributed by atoms with van der Waals surface area (Å²) in [6, 6.07) is 9.96. The molecule has 1 atom stereocenters. The van der Waals surface area contributed by atoms with Crippen LogP contribution in [-0.4, -0.2) is 71.1 Å². The molecule has 1 aliphatic rings. The molecule has 1 unspecified atom stereocenters. The lowest BCUT2D eigenvalue weighted by Gasteiger charge is -2.37. The summed E-state index contributed by atoms with van der Waals surface area (Å²) in [7, 11) is 2.03. The minimum absolute atomic E-state index is 0.0307. The van der Waals surface area contributed by atoms with Gasteiger partial charge in [-0.25, -0.2) is 0 Å². The van der Waals surface area contributed by atoms with Gasteiger partial charge in [0, 0.05) is 37.6 Å². The van der Waals surface area contributed by atoms with Gasteiger partial charge in [0.15, 0.2) is 0 Å². The third kappa shape index (κ3) is 6.78. The molecule has 2 heterocycles. The van der Waals surface area contributed by atoms with E-state index in [0.717, 1.165) is 42.8 Å². The molecule has 1 aromatic heterocycles. The van der Waals surface area contributed by atoms with E-state index in [4.69, 9.17) is 0 Å². The number of carbonyl (C=O) groups excluding carboxylic acids is 1. The number of aryl methyl sites for hydroxylation is 1. The van der Waals surface area contributed by atoms with Gasteiger partial charge < -0.3 is 14.9 Å². The number of piperidine rings is 1. The van der Waals surface area contributed by atoms with E-state index >= 15 is 0 Å². The summed E-state index contributed by atoms with van der Waals surface area (Å²) in [6.45, 7) is 12.2. The lowest BCUT2D eigenvalue weighted by molar-refractivity contribution is 0.0827. The molecule has 1 amide bonds. The average Bonchev–Trinajstić information content (AvgIpc) is 2.85. The second-order valence-corrected chi connectivity index (χ2v) is 8.97. The summed E-state index contributed by atoms with van der Waals surface area (Å²) in [5, 5.41) is 19.4. The van der Waals surface area contributed by atoms with Crippen molar-refractivity contribution >= 4 is 24.6 Å². The first-order chi connectivity index (χ1) is 16.2. The normalized spacial score (nSPS) is 15.9. The zero-order chi connectivity index (χ0) is 25.4. The third-order valence-electron chi connectivity index (χ3n) is 6.64. The highest BCUT2D eigenvalue weighted by atomic mass is 16.4. The van der Waals surface area contributed by atoms with E-state index in [2.05, 4.69) is 35.9 Å². The van der Waals surface area contributed by atoms with Crippen LogP contribution in [0.5, 0.6) is 0 Å². The van der Waals surface area contributed by atoms with Crippen LogP contribution >= 0.6 is 0 Å². The van der Waals surface area contributed by atoms with Crippen molar-refractivity contribution in [3.8, 4) is 0 Å². The van der Waals surface area contributed by atoms with Gasteiger partial charge in [-0.05, 0) is 87.4 Å². The summed E-state index contributed by atoms with van der Waals surface area (Å²) in [5.74, 6) is 0.533. The Bertz CT molecular complexity index is 966. The maximum atomic E-state index is 12.1. The predicted molar refractivity (Wildman–Crippen MR) is 141 cm³/mol. The van der Waals surface area contributed by atoms with Crippen LogP contribution in [0.25, 0.3) is 6.08 Å². The van der Waals surface area contributed by atoms with Gasteiger partial charge in [-0.3, -0.25) is 14.7 Å². The van der Waals surface area contributed by atoms with E-state index in [0.29, 0.717) is 11.4 Å². The number of nitrogens with zero attached hydrogens (tertiary/aromatic N) is 3. The van der Waals surface area contributed by atoms with Gasteiger partial charge in [-0.15, -0.1) is 0 Å². The van der Waals surface area contributed by atoms with Crippen LogP contribution in [0.3, 0.4) is 0 Å². The van der Waals surface area contributed by atoms with Crippen molar-refractivity contribution in [2.75, 3.05) is 27.2 Å². The maximum Gasteiger partial charge on any atom is 0.489 e. The first kappa shape index (κ1) is 27.8. The van der Waals surface area contributed by atoms with Crippen molar-refractivity contribution in [1.82, 2.24) is 14.8 Å². The number of aromatic nitrogens is 1. The zero-order valence-electron chi connectivity index (χ0n) is 21.7. The number of hydrogen-bond acceptors (Lipinski definition) is 5. The predicted octanol–water partition coefficient (Wildman–Crippen LogP) is 3.47. The summed E-state index contributed by atoms with van der Waals surface area (Å²) in [4.78, 5) is 20.5. The highest BCUT2D eigenvalue weighted by Crippen LogP contribution is 2.30. The third-order valence-corrected chi connectivity index (χ3v) is 6.64. The molecule has 0 spiro atoms. The van der Waals surface area contributed by atoms with Crippen LogP contribution in [0, 0.1) is 6.92 Å². The molecular weight excluding hydrogens is 425 g/mol. The monoisotopic (exact) mass is 465 g/mol. The summed E-state index contributed by atoms with van der Waals surface area (Å²) in [6.07, 6.45) is 5.79. The molecule has 0 radical (unpaired) electrons. The number of pyridine rings is 1. The molecule has 1 aliphatic heterocycles. The number of carbonyl (C=O) groups is 1. The molecule has 3 rings (SSSR count). The van der Waals surface area contributed by atoms with Crippen LogP contribution in [0.4, 0.5) is 0 Å². The number of rotatable bonds is 6. The second-order valence-electron chi connectivity index (χ2n) is 8.97. The van der Waals surface area contributed by atoms with Crippen molar-refractivity contribution in [3.63, 3.8) is 0 Å². The Balaban J connectivity index is 0.00000199. The van der Waals surface area contributed by atoms with Crippen LogP contribution in [0.1, 0.15) is 73.6 Å². The molecule has 0 aliphatic carbocycles. The molecule has 2 N–H and O–H groups in total. The Morgan fingerprint density at radius 2 is 1.74 bits per heavy atom. The van der Waals surface area contributed by atoms with Crippen LogP contribution in [0.15, 0.2) is 42.1 Å². The zero-order valence-corrected chi connectivity index (χ0v) is 21.7. The van der Waals surface area contributed by atoms with E-state index in [1.54, 1.807) is 31.3 Å². The minimum Gasteiger partial charge on any atom is -0.423 e. The first-order valence-corrected chi connectivity index (χ1v) is 12.2. The van der Waals surface area contributed by atoms with Crippen molar-refractivity contribution in [1.29, 1.82) is 0 Å². The molecule has 184 valence electrons. The minimum atomic E-state index is -1.51. The van der Waals surface area contributed by atoms with E-state index in [1.165, 1.54) is 11.1 Å². The first-order valence-electron chi connectivity index (χ1n) is 12.2. The summed E-state index contributed by atoms with van der Waals surface area (Å²) < 4.78 is 0. The van der Waals surface area contributed by atoms with Gasteiger partial charge in [-0.1, -0.05) is 37.6 Å². The van der Waals surface area contributed by atoms with Gasteiger partial charge in [0.25, 0.3) is 5.91 Å². The van der Waals surface area contributed by atoms with Gasteiger partial charge >= 0.3 is 7.12 Å². The lowest BCUT2D eigenvalue weighted by atomic mass is 9.76. The molecule has 34 heavy (non-hydrogen) atoms. The highest BCUT2D eigenvalue weighted by Gasteiger charge is 2.25. The Hall–Kier alpha value is -2.48. The smallest absolute Gasteiger partial charge is 0.423 e. The largest absolute Gasteiger partial charge is 0.489 e. The Kier molecular flexibility index (Phi) is 10.5. The molecule has 0 saturated carbocycles. The van der Waals surface area contributed by atoms with Crippen molar-refractivity contribution < 1.29 is 14.8 Å². The van der Waals surface area contributed by atoms with Crippen LogP contribution < -0.4 is 5.46 Å². The summed E-state index contributed by atoms with van der Waals surface area (Å²) in [5.41, 5.74) is 5.26. The number of amides is 1. The van der Waals surface area contributed by atoms with Gasteiger partial charge in [0.05, 0.1) is 0 Å². The van der Waals surface area contributed by atoms with E-state index < -0.39 is 7.12 Å². The molecule has 1 aromatic carbocycles. The Morgan fingerprint density at radius 3 is 2.26 bits per heavy atom. The summed E-state index contributed by atoms with van der Waals surface area (Å²) >= 11 is 0. The fraction of sp³-hybridized carbons (Fsp3) is 0.481. The number of benzene rings is 1. The molecule has 1 fully saturated rings. The standard InChI is InChI=1S/C25H34BN3O3.C2H6/c1-17(16-23-18(2)27-13-10-24(23)26(31)32)19(3)29-14-11-21(12-15-29)20-6-8-22(9-7-20)25(30)28(4)5;1-2/h6-10,13,16,19,21,31-32H,11-12,14-15H2,1-5H3;1-2H3/b17-16+;. The SMILES string of the molecule is C/C(=C\c1c(B(O)O)ccnc1C)C(C)N1CCC(c2ccc(C(=O)N(C)C)cc2)CC1.CC. The Morgan fingerprint density at radius 1 is 1.15 bits per heavy atom. The lowest BCUT2D eigenvalue weighted by Crippen LogP contribution is -2.40. The van der Waals surface area contributed by atoms with Crippen LogP contribution in [0.2, 0.25) is 0 Å². The fourth-order valence-corrected chi connectivity index (χ4v) is 4.42. The van der Waals surface area contributed by atoms with E-state index in [1.807, 2.05) is 39.0 Å². The van der Waals surface area contributed by atoms with Crippen LogP contribution in [-0.2, 0) is 0 Å². The van der Waals surface area contributed by atoms with Gasteiger partial charge in [0.2, 0.25) is 0 Å². The second kappa shape index (κ2) is 12.8. The van der Waals surface area contributed by atoms with Crippen molar-refractivity contribution in [2.24, 2.45) is 0 Å². The van der Waals surface area contributed by atoms with Crippen molar-refractivity contribution in [2.45, 2.75) is 59.4 Å². The van der Waals surface area contributed by atoms with E-state index in [-0.39, 0.29) is 11.9 Å². The number of hydrogen-bond donors (Lipinski definition) is 2. The Labute approximate surface area is 205 Å². The average molecular weight is 465 g/mol.